The summed E-state index contributed by atoms with van der Waals surface area (Å²) in [5.41, 5.74) is -0.659. The van der Waals surface area contributed by atoms with Gasteiger partial charge in [0, 0.05) is 13.0 Å². The van der Waals surface area contributed by atoms with Crippen LogP contribution in [0.3, 0.4) is 0 Å². The van der Waals surface area contributed by atoms with Gasteiger partial charge >= 0.3 is 5.97 Å². The van der Waals surface area contributed by atoms with Gasteiger partial charge in [-0.15, -0.1) is 0 Å². The van der Waals surface area contributed by atoms with Crippen molar-refractivity contribution in [3.8, 4) is 0 Å². The first-order chi connectivity index (χ1) is 7.99. The molecule has 0 bridgehead atoms. The second-order valence-electron chi connectivity index (χ2n) is 4.40. The first-order valence-electron chi connectivity index (χ1n) is 5.69. The van der Waals surface area contributed by atoms with E-state index in [4.69, 9.17) is 5.11 Å². The average Bonchev–Trinajstić information content (AvgIpc) is 2.29. The quantitative estimate of drug-likeness (QED) is 0.761. The lowest BCUT2D eigenvalue weighted by molar-refractivity contribution is -0.137. The summed E-state index contributed by atoms with van der Waals surface area (Å²) in [4.78, 5) is 22.5. The summed E-state index contributed by atoms with van der Waals surface area (Å²) >= 11 is 0. The van der Waals surface area contributed by atoms with Crippen molar-refractivity contribution in [2.24, 2.45) is 11.3 Å². The van der Waals surface area contributed by atoms with E-state index in [0.29, 0.717) is 0 Å². The molecule has 1 aliphatic rings. The van der Waals surface area contributed by atoms with Gasteiger partial charge in [-0.25, -0.2) is 0 Å². The predicted octanol–water partition coefficient (Wildman–Crippen LogP) is 1.55. The van der Waals surface area contributed by atoms with E-state index in [9.17, 15) is 9.59 Å². The molecule has 17 heavy (non-hydrogen) atoms. The lowest BCUT2D eigenvalue weighted by atomic mass is 9.74. The summed E-state index contributed by atoms with van der Waals surface area (Å²) < 4.78 is 0. The molecule has 1 aliphatic carbocycles. The molecule has 93 valence electrons. The zero-order valence-electron chi connectivity index (χ0n) is 10.1. The number of carbonyl (C=O) groups is 2. The number of nitrogens with one attached hydrogen (secondary N) is 1. The van der Waals surface area contributed by atoms with Gasteiger partial charge in [0.25, 0.3) is 0 Å². The Bertz CT molecular complexity index is 344. The Kier molecular flexibility index (Phi) is 4.49. The van der Waals surface area contributed by atoms with E-state index in [1.807, 2.05) is 44.6 Å². The van der Waals surface area contributed by atoms with Gasteiger partial charge in [-0.2, -0.15) is 0 Å². The van der Waals surface area contributed by atoms with Crippen molar-refractivity contribution in [3.05, 3.63) is 30.7 Å². The molecule has 1 radical (unpaired) electrons. The smallest absolute Gasteiger partial charge is 0.305 e. The number of amides is 1. The number of allylic oxidation sites excluding steroid dienone is 2. The van der Waals surface area contributed by atoms with Gasteiger partial charge in [0.05, 0.1) is 11.8 Å². The maximum absolute atomic E-state index is 12.1. The molecule has 0 saturated carbocycles. The van der Waals surface area contributed by atoms with E-state index < -0.39 is 11.4 Å². The third-order valence-electron chi connectivity index (χ3n) is 2.94. The third kappa shape index (κ3) is 3.19. The van der Waals surface area contributed by atoms with Crippen molar-refractivity contribution in [3.63, 3.8) is 0 Å². The van der Waals surface area contributed by atoms with Crippen LogP contribution in [0.25, 0.3) is 0 Å². The van der Waals surface area contributed by atoms with Gasteiger partial charge in [0.2, 0.25) is 5.91 Å². The summed E-state index contributed by atoms with van der Waals surface area (Å²) in [5.74, 6) is -0.935. The Balaban J connectivity index is 2.68. The molecule has 0 aromatic rings. The van der Waals surface area contributed by atoms with Gasteiger partial charge in [0.15, 0.2) is 0 Å². The Morgan fingerprint density at radius 1 is 1.29 bits per heavy atom. The van der Waals surface area contributed by atoms with Crippen LogP contribution in [-0.4, -0.2) is 23.5 Å². The van der Waals surface area contributed by atoms with Gasteiger partial charge in [-0.3, -0.25) is 9.59 Å². The minimum Gasteiger partial charge on any atom is -0.481 e. The molecule has 1 amide bonds. The number of carboxylic acids is 1. The molecule has 0 aromatic heterocycles. The normalized spacial score (nSPS) is 17.1. The number of rotatable bonds is 5. The molecule has 4 heteroatoms. The zero-order chi connectivity index (χ0) is 12.9. The molecule has 0 saturated heterocycles. The van der Waals surface area contributed by atoms with E-state index in [1.54, 1.807) is 0 Å². The molecule has 0 unspecified atom stereocenters. The van der Waals surface area contributed by atoms with Crippen LogP contribution in [0.1, 0.15) is 20.3 Å². The SMILES string of the molecule is CC(C)C1(C(=O)NCCC(=O)O)C=C[CH]C=C1. The summed E-state index contributed by atoms with van der Waals surface area (Å²) in [5, 5.41) is 11.2. The Labute approximate surface area is 101 Å². The van der Waals surface area contributed by atoms with E-state index in [-0.39, 0.29) is 24.8 Å². The van der Waals surface area contributed by atoms with Crippen molar-refractivity contribution in [1.82, 2.24) is 5.32 Å². The van der Waals surface area contributed by atoms with Crippen LogP contribution in [-0.2, 0) is 9.59 Å². The Hall–Kier alpha value is -1.58. The molecule has 1 rings (SSSR count). The molecule has 2 N–H and O–H groups in total. The van der Waals surface area contributed by atoms with Crippen molar-refractivity contribution in [2.75, 3.05) is 6.54 Å². The van der Waals surface area contributed by atoms with Gasteiger partial charge in [-0.1, -0.05) is 38.2 Å². The van der Waals surface area contributed by atoms with Crippen LogP contribution in [0.5, 0.6) is 0 Å². The second-order valence-corrected chi connectivity index (χ2v) is 4.40. The van der Waals surface area contributed by atoms with Gasteiger partial charge in [-0.05, 0) is 5.92 Å². The van der Waals surface area contributed by atoms with Crippen molar-refractivity contribution >= 4 is 11.9 Å². The second kappa shape index (κ2) is 5.66. The number of carbonyl (C=O) groups excluding carboxylic acids is 1. The maximum atomic E-state index is 12.1. The number of carboxylic acid groups (broad SMARTS) is 1. The van der Waals surface area contributed by atoms with Crippen LogP contribution in [0.2, 0.25) is 0 Å². The Morgan fingerprint density at radius 2 is 1.88 bits per heavy atom. The summed E-state index contributed by atoms with van der Waals surface area (Å²) in [6.07, 6.45) is 9.21. The van der Waals surface area contributed by atoms with E-state index in [2.05, 4.69) is 5.32 Å². The monoisotopic (exact) mass is 236 g/mol. The number of hydrogen-bond donors (Lipinski definition) is 2. The minimum absolute atomic E-state index is 0.0561. The van der Waals surface area contributed by atoms with Crippen LogP contribution >= 0.6 is 0 Å². The lowest BCUT2D eigenvalue weighted by Gasteiger charge is -2.31. The first-order valence-corrected chi connectivity index (χ1v) is 5.69. The molecular weight excluding hydrogens is 218 g/mol. The average molecular weight is 236 g/mol. The minimum atomic E-state index is -0.910. The molecular formula is C13H18NO3. The highest BCUT2D eigenvalue weighted by molar-refractivity contribution is 5.87. The van der Waals surface area contributed by atoms with Crippen LogP contribution in [0.15, 0.2) is 24.3 Å². The summed E-state index contributed by atoms with van der Waals surface area (Å²) in [6.45, 7) is 4.10. The molecule has 0 atom stereocenters. The van der Waals surface area contributed by atoms with Crippen molar-refractivity contribution < 1.29 is 14.7 Å². The predicted molar refractivity (Wildman–Crippen MR) is 65.1 cm³/mol. The molecule has 4 nitrogen and oxygen atoms in total. The molecule has 0 spiro atoms. The van der Waals surface area contributed by atoms with Crippen LogP contribution in [0.4, 0.5) is 0 Å². The fourth-order valence-corrected chi connectivity index (χ4v) is 1.78. The molecule has 0 fully saturated rings. The first kappa shape index (κ1) is 13.5. The summed E-state index contributed by atoms with van der Waals surface area (Å²) in [7, 11) is 0. The largest absolute Gasteiger partial charge is 0.481 e. The molecule has 0 aliphatic heterocycles. The lowest BCUT2D eigenvalue weighted by Crippen LogP contribution is -2.43. The summed E-state index contributed by atoms with van der Waals surface area (Å²) in [6, 6.07) is 0. The topological polar surface area (TPSA) is 66.4 Å². The van der Waals surface area contributed by atoms with Gasteiger partial charge in [0.1, 0.15) is 0 Å². The highest BCUT2D eigenvalue weighted by Gasteiger charge is 2.37. The van der Waals surface area contributed by atoms with Crippen LogP contribution in [0, 0.1) is 17.8 Å². The van der Waals surface area contributed by atoms with Crippen LogP contribution < -0.4 is 5.32 Å². The highest BCUT2D eigenvalue weighted by atomic mass is 16.4. The third-order valence-corrected chi connectivity index (χ3v) is 2.94. The van der Waals surface area contributed by atoms with E-state index in [1.165, 1.54) is 0 Å². The number of aliphatic carboxylic acids is 1. The zero-order valence-corrected chi connectivity index (χ0v) is 10.1. The highest BCUT2D eigenvalue weighted by Crippen LogP contribution is 2.33. The Morgan fingerprint density at radius 3 is 2.35 bits per heavy atom. The fourth-order valence-electron chi connectivity index (χ4n) is 1.78. The van der Waals surface area contributed by atoms with Crippen molar-refractivity contribution in [2.45, 2.75) is 20.3 Å². The van der Waals surface area contributed by atoms with E-state index in [0.717, 1.165) is 0 Å². The molecule has 0 aromatic carbocycles. The molecule has 0 heterocycles. The number of hydrogen-bond acceptors (Lipinski definition) is 2. The van der Waals surface area contributed by atoms with Crippen molar-refractivity contribution in [1.29, 1.82) is 0 Å². The fraction of sp³-hybridized carbons (Fsp3) is 0.462. The van der Waals surface area contributed by atoms with E-state index >= 15 is 0 Å². The van der Waals surface area contributed by atoms with Gasteiger partial charge < -0.3 is 10.4 Å². The standard InChI is InChI=1S/C13H18NO3/c1-10(2)13(7-4-3-5-8-13)12(17)14-9-6-11(15)16/h3-5,7-8,10H,6,9H2,1-2H3,(H,14,17)(H,15,16). The maximum Gasteiger partial charge on any atom is 0.305 e.